The molecule has 110 valence electrons. The van der Waals surface area contributed by atoms with Crippen molar-refractivity contribution in [2.45, 2.75) is 25.6 Å². The molecule has 1 aliphatic carbocycles. The Morgan fingerprint density at radius 2 is 2.19 bits per heavy atom. The molecule has 7 heteroatoms. The fourth-order valence-electron chi connectivity index (χ4n) is 2.14. The van der Waals surface area contributed by atoms with Crippen LogP contribution in [0.2, 0.25) is 0 Å². The van der Waals surface area contributed by atoms with Crippen molar-refractivity contribution >= 4 is 16.8 Å². The quantitative estimate of drug-likeness (QED) is 0.834. The zero-order valence-corrected chi connectivity index (χ0v) is 11.8. The molecule has 0 aliphatic heterocycles. The van der Waals surface area contributed by atoms with Crippen LogP contribution < -0.4 is 10.9 Å². The third-order valence-electron chi connectivity index (χ3n) is 3.36. The SMILES string of the molecule is CN(CC(=O)NC1CC1)Cn1nnc2ccccc2c1=O. The molecule has 1 aliphatic rings. The number of nitrogens with one attached hydrogen (secondary N) is 1. The minimum Gasteiger partial charge on any atom is -0.352 e. The number of likely N-dealkylation sites (N-methyl/N-ethyl adjacent to an activating group) is 1. The molecule has 1 amide bonds. The summed E-state index contributed by atoms with van der Waals surface area (Å²) in [6, 6.07) is 7.43. The molecular weight excluding hydrogens is 270 g/mol. The lowest BCUT2D eigenvalue weighted by molar-refractivity contribution is -0.122. The predicted octanol–water partition coefficient (Wildman–Crippen LogP) is -0.0406. The smallest absolute Gasteiger partial charge is 0.278 e. The van der Waals surface area contributed by atoms with Crippen LogP contribution in [0.5, 0.6) is 0 Å². The highest BCUT2D eigenvalue weighted by Gasteiger charge is 2.23. The molecule has 1 fully saturated rings. The Bertz CT molecular complexity index is 723. The zero-order chi connectivity index (χ0) is 14.8. The van der Waals surface area contributed by atoms with E-state index in [9.17, 15) is 9.59 Å². The molecule has 7 nitrogen and oxygen atoms in total. The van der Waals surface area contributed by atoms with E-state index in [1.165, 1.54) is 4.68 Å². The molecule has 1 heterocycles. The van der Waals surface area contributed by atoms with Crippen LogP contribution in [0.1, 0.15) is 12.8 Å². The van der Waals surface area contributed by atoms with E-state index in [1.54, 1.807) is 30.1 Å². The highest BCUT2D eigenvalue weighted by Crippen LogP contribution is 2.18. The number of amides is 1. The maximum Gasteiger partial charge on any atom is 0.278 e. The fraction of sp³-hybridized carbons (Fsp3) is 0.429. The monoisotopic (exact) mass is 287 g/mol. The lowest BCUT2D eigenvalue weighted by Gasteiger charge is -2.16. The first kappa shape index (κ1) is 13.7. The molecule has 2 aromatic rings. The molecule has 0 saturated heterocycles. The van der Waals surface area contributed by atoms with E-state index in [1.807, 2.05) is 6.07 Å². The molecule has 1 aromatic carbocycles. The van der Waals surface area contributed by atoms with Gasteiger partial charge >= 0.3 is 0 Å². The molecule has 0 unspecified atom stereocenters. The Hall–Kier alpha value is -2.28. The fourth-order valence-corrected chi connectivity index (χ4v) is 2.14. The Kier molecular flexibility index (Phi) is 3.66. The van der Waals surface area contributed by atoms with Gasteiger partial charge in [-0.15, -0.1) is 5.10 Å². The normalized spacial score (nSPS) is 14.6. The van der Waals surface area contributed by atoms with Gasteiger partial charge in [-0.2, -0.15) is 4.68 Å². The van der Waals surface area contributed by atoms with E-state index in [2.05, 4.69) is 15.6 Å². The maximum absolute atomic E-state index is 12.3. The Labute approximate surface area is 121 Å². The average molecular weight is 287 g/mol. The number of hydrogen-bond acceptors (Lipinski definition) is 5. The molecule has 0 atom stereocenters. The van der Waals surface area contributed by atoms with Crippen molar-refractivity contribution in [1.29, 1.82) is 0 Å². The van der Waals surface area contributed by atoms with Crippen molar-refractivity contribution in [1.82, 2.24) is 25.2 Å². The lowest BCUT2D eigenvalue weighted by atomic mass is 10.2. The second kappa shape index (κ2) is 5.61. The number of aromatic nitrogens is 3. The molecule has 0 spiro atoms. The van der Waals surface area contributed by atoms with Crippen LogP contribution in [0.25, 0.3) is 10.9 Å². The van der Waals surface area contributed by atoms with Crippen molar-refractivity contribution in [3.8, 4) is 0 Å². The largest absolute Gasteiger partial charge is 0.352 e. The molecule has 0 bridgehead atoms. The summed E-state index contributed by atoms with van der Waals surface area (Å²) in [5.41, 5.74) is 0.378. The molecule has 0 radical (unpaired) electrons. The van der Waals surface area contributed by atoms with Crippen molar-refractivity contribution < 1.29 is 4.79 Å². The third kappa shape index (κ3) is 3.25. The third-order valence-corrected chi connectivity index (χ3v) is 3.36. The summed E-state index contributed by atoms with van der Waals surface area (Å²) >= 11 is 0. The summed E-state index contributed by atoms with van der Waals surface area (Å²) in [4.78, 5) is 25.7. The van der Waals surface area contributed by atoms with Crippen molar-refractivity contribution in [2.24, 2.45) is 0 Å². The van der Waals surface area contributed by atoms with E-state index in [0.717, 1.165) is 12.8 Å². The van der Waals surface area contributed by atoms with Gasteiger partial charge < -0.3 is 5.32 Å². The van der Waals surface area contributed by atoms with Gasteiger partial charge in [0.2, 0.25) is 5.91 Å². The van der Waals surface area contributed by atoms with Gasteiger partial charge in [0.1, 0.15) is 5.52 Å². The molecule has 1 saturated carbocycles. The van der Waals surface area contributed by atoms with Crippen LogP contribution in [0.3, 0.4) is 0 Å². The van der Waals surface area contributed by atoms with E-state index in [-0.39, 0.29) is 24.7 Å². The number of carbonyl (C=O) groups is 1. The molecule has 3 rings (SSSR count). The van der Waals surface area contributed by atoms with Crippen molar-refractivity contribution in [3.63, 3.8) is 0 Å². The topological polar surface area (TPSA) is 80.1 Å². The van der Waals surface area contributed by atoms with Crippen LogP contribution in [0, 0.1) is 0 Å². The lowest BCUT2D eigenvalue weighted by Crippen LogP contribution is -2.39. The van der Waals surface area contributed by atoms with E-state index >= 15 is 0 Å². The number of nitrogens with zero attached hydrogens (tertiary/aromatic N) is 4. The van der Waals surface area contributed by atoms with Gasteiger partial charge in [-0.1, -0.05) is 17.3 Å². The Balaban J connectivity index is 1.70. The predicted molar refractivity (Wildman–Crippen MR) is 77.6 cm³/mol. The number of hydrogen-bond donors (Lipinski definition) is 1. The number of rotatable bonds is 5. The average Bonchev–Trinajstić information content (AvgIpc) is 3.26. The van der Waals surface area contributed by atoms with Crippen molar-refractivity contribution in [3.05, 3.63) is 34.6 Å². The second-order valence-electron chi connectivity index (χ2n) is 5.41. The summed E-state index contributed by atoms with van der Waals surface area (Å²) in [5.74, 6) is -0.0261. The van der Waals surface area contributed by atoms with Gasteiger partial charge in [-0.3, -0.25) is 14.5 Å². The summed E-state index contributed by atoms with van der Waals surface area (Å²) in [6.07, 6.45) is 2.12. The van der Waals surface area contributed by atoms with Crippen molar-refractivity contribution in [2.75, 3.05) is 13.6 Å². The zero-order valence-electron chi connectivity index (χ0n) is 11.8. The minimum absolute atomic E-state index is 0.0261. The summed E-state index contributed by atoms with van der Waals surface area (Å²) in [7, 11) is 1.77. The molecular formula is C14H17N5O2. The number of carbonyl (C=O) groups excluding carboxylic acids is 1. The molecule has 1 aromatic heterocycles. The van der Waals surface area contributed by atoms with E-state index < -0.39 is 0 Å². The second-order valence-corrected chi connectivity index (χ2v) is 5.41. The maximum atomic E-state index is 12.3. The first-order valence-electron chi connectivity index (χ1n) is 6.94. The summed E-state index contributed by atoms with van der Waals surface area (Å²) < 4.78 is 1.27. The van der Waals surface area contributed by atoms with Crippen LogP contribution >= 0.6 is 0 Å². The summed E-state index contributed by atoms with van der Waals surface area (Å²) in [6.45, 7) is 0.464. The summed E-state index contributed by atoms with van der Waals surface area (Å²) in [5, 5.41) is 11.4. The van der Waals surface area contributed by atoms with Crippen LogP contribution in [-0.2, 0) is 11.5 Å². The van der Waals surface area contributed by atoms with Gasteiger partial charge in [0.05, 0.1) is 18.6 Å². The first-order chi connectivity index (χ1) is 10.1. The number of fused-ring (bicyclic) bond motifs is 1. The van der Waals surface area contributed by atoms with Gasteiger partial charge in [0, 0.05) is 6.04 Å². The van der Waals surface area contributed by atoms with Crippen LogP contribution in [0.15, 0.2) is 29.1 Å². The van der Waals surface area contributed by atoms with E-state index in [4.69, 9.17) is 0 Å². The van der Waals surface area contributed by atoms with Crippen LogP contribution in [-0.4, -0.2) is 45.4 Å². The standard InChI is InChI=1S/C14H17N5O2/c1-18(8-13(20)15-10-6-7-10)9-19-14(21)11-4-2-3-5-12(11)16-17-19/h2-5,10H,6-9H2,1H3,(H,15,20). The van der Waals surface area contributed by atoms with Gasteiger partial charge in [-0.05, 0) is 32.0 Å². The molecule has 21 heavy (non-hydrogen) atoms. The Morgan fingerprint density at radius 1 is 1.43 bits per heavy atom. The van der Waals surface area contributed by atoms with Gasteiger partial charge in [-0.25, -0.2) is 0 Å². The minimum atomic E-state index is -0.199. The van der Waals surface area contributed by atoms with Gasteiger partial charge in [0.25, 0.3) is 5.56 Å². The highest BCUT2D eigenvalue weighted by atomic mass is 16.2. The van der Waals surface area contributed by atoms with Crippen LogP contribution in [0.4, 0.5) is 0 Å². The number of benzene rings is 1. The molecule has 1 N–H and O–H groups in total. The first-order valence-corrected chi connectivity index (χ1v) is 6.94. The highest BCUT2D eigenvalue weighted by molar-refractivity contribution is 5.78. The Morgan fingerprint density at radius 3 is 2.95 bits per heavy atom. The van der Waals surface area contributed by atoms with E-state index in [0.29, 0.717) is 16.9 Å². The van der Waals surface area contributed by atoms with Gasteiger partial charge in [0.15, 0.2) is 0 Å².